The second-order valence-electron chi connectivity index (χ2n) is 7.48. The smallest absolute Gasteiger partial charge is 0.0547 e. The topological polar surface area (TPSA) is 19.4 Å². The molecule has 0 radical (unpaired) electrons. The quantitative estimate of drug-likeness (QED) is 0.859. The van der Waals surface area contributed by atoms with Crippen LogP contribution in [0.3, 0.4) is 0 Å². The standard InChI is InChI=1S/C21H27N3/c1-17-6-5-9-20(22-17)15-23-12-19-10-11-21(16-23)24(14-19)13-18-7-3-2-4-8-18/h2-9,19,21H,10-16H2,1H3/t19-,21+/m0/s1. The highest BCUT2D eigenvalue weighted by Gasteiger charge is 2.34. The molecule has 3 aliphatic rings. The van der Waals surface area contributed by atoms with E-state index in [2.05, 4.69) is 65.3 Å². The van der Waals surface area contributed by atoms with Gasteiger partial charge in [-0.05, 0) is 43.4 Å². The lowest BCUT2D eigenvalue weighted by molar-refractivity contribution is 0.123. The molecule has 5 rings (SSSR count). The molecule has 3 fully saturated rings. The number of piperidine rings is 1. The largest absolute Gasteiger partial charge is 0.296 e. The van der Waals surface area contributed by atoms with E-state index in [0.29, 0.717) is 6.04 Å². The molecular formula is C21H27N3. The van der Waals surface area contributed by atoms with E-state index in [1.807, 2.05) is 0 Å². The summed E-state index contributed by atoms with van der Waals surface area (Å²) in [6.07, 6.45) is 2.73. The molecule has 126 valence electrons. The summed E-state index contributed by atoms with van der Waals surface area (Å²) in [5, 5.41) is 0. The molecule has 0 unspecified atom stereocenters. The number of aryl methyl sites for hydroxylation is 1. The molecule has 3 heteroatoms. The third-order valence-corrected chi connectivity index (χ3v) is 5.46. The number of benzene rings is 1. The number of pyridine rings is 1. The van der Waals surface area contributed by atoms with E-state index in [1.165, 1.54) is 43.7 Å². The van der Waals surface area contributed by atoms with Gasteiger partial charge in [-0.3, -0.25) is 14.8 Å². The minimum Gasteiger partial charge on any atom is -0.296 e. The van der Waals surface area contributed by atoms with Gasteiger partial charge in [-0.15, -0.1) is 0 Å². The van der Waals surface area contributed by atoms with Crippen molar-refractivity contribution in [3.63, 3.8) is 0 Å². The first-order valence-corrected chi connectivity index (χ1v) is 9.19. The van der Waals surface area contributed by atoms with Crippen LogP contribution >= 0.6 is 0 Å². The maximum absolute atomic E-state index is 4.70. The van der Waals surface area contributed by atoms with Crippen molar-refractivity contribution in [3.8, 4) is 0 Å². The van der Waals surface area contributed by atoms with Crippen LogP contribution in [0.2, 0.25) is 0 Å². The van der Waals surface area contributed by atoms with Crippen molar-refractivity contribution >= 4 is 0 Å². The summed E-state index contributed by atoms with van der Waals surface area (Å²) >= 11 is 0. The second kappa shape index (κ2) is 7.04. The van der Waals surface area contributed by atoms with Gasteiger partial charge in [0.25, 0.3) is 0 Å². The fourth-order valence-electron chi connectivity index (χ4n) is 4.33. The number of hydrogen-bond acceptors (Lipinski definition) is 3. The monoisotopic (exact) mass is 321 g/mol. The third kappa shape index (κ3) is 3.68. The van der Waals surface area contributed by atoms with E-state index in [9.17, 15) is 0 Å². The summed E-state index contributed by atoms with van der Waals surface area (Å²) in [4.78, 5) is 10.0. The lowest BCUT2D eigenvalue weighted by atomic mass is 9.94. The molecule has 2 bridgehead atoms. The highest BCUT2D eigenvalue weighted by atomic mass is 15.3. The Kier molecular flexibility index (Phi) is 4.63. The Balaban J connectivity index is 1.44. The van der Waals surface area contributed by atoms with Crippen LogP contribution in [-0.2, 0) is 13.1 Å². The Labute approximate surface area is 145 Å². The first-order chi connectivity index (χ1) is 11.8. The molecule has 4 heterocycles. The van der Waals surface area contributed by atoms with Crippen molar-refractivity contribution in [2.24, 2.45) is 5.92 Å². The minimum atomic E-state index is 0.689. The van der Waals surface area contributed by atoms with Crippen molar-refractivity contribution < 1.29 is 0 Å². The van der Waals surface area contributed by atoms with Crippen molar-refractivity contribution in [3.05, 3.63) is 65.5 Å². The molecule has 3 aliphatic heterocycles. The number of nitrogens with zero attached hydrogens (tertiary/aromatic N) is 3. The van der Waals surface area contributed by atoms with Crippen LogP contribution in [-0.4, -0.2) is 40.5 Å². The van der Waals surface area contributed by atoms with E-state index in [4.69, 9.17) is 4.98 Å². The van der Waals surface area contributed by atoms with Gasteiger partial charge in [0.15, 0.2) is 0 Å². The van der Waals surface area contributed by atoms with Gasteiger partial charge in [0, 0.05) is 44.5 Å². The number of hydrogen-bond donors (Lipinski definition) is 0. The Morgan fingerprint density at radius 2 is 1.79 bits per heavy atom. The summed E-state index contributed by atoms with van der Waals surface area (Å²) in [7, 11) is 0. The Morgan fingerprint density at radius 3 is 2.62 bits per heavy atom. The van der Waals surface area contributed by atoms with Gasteiger partial charge in [-0.1, -0.05) is 36.4 Å². The van der Waals surface area contributed by atoms with Crippen LogP contribution in [0.5, 0.6) is 0 Å². The van der Waals surface area contributed by atoms with Crippen LogP contribution in [0.1, 0.15) is 29.8 Å². The van der Waals surface area contributed by atoms with Gasteiger partial charge in [0.2, 0.25) is 0 Å². The lowest BCUT2D eigenvalue weighted by Gasteiger charge is -2.36. The second-order valence-corrected chi connectivity index (χ2v) is 7.48. The van der Waals surface area contributed by atoms with E-state index in [-0.39, 0.29) is 0 Å². The zero-order valence-corrected chi connectivity index (χ0v) is 14.6. The number of fused-ring (bicyclic) bond motifs is 4. The van der Waals surface area contributed by atoms with E-state index in [0.717, 1.165) is 24.7 Å². The first kappa shape index (κ1) is 15.8. The summed E-state index contributed by atoms with van der Waals surface area (Å²) in [5.74, 6) is 0.803. The van der Waals surface area contributed by atoms with Crippen LogP contribution in [0.4, 0.5) is 0 Å². The minimum absolute atomic E-state index is 0.689. The van der Waals surface area contributed by atoms with Crippen molar-refractivity contribution in [2.75, 3.05) is 19.6 Å². The van der Waals surface area contributed by atoms with Crippen LogP contribution in [0.25, 0.3) is 0 Å². The predicted octanol–water partition coefficient (Wildman–Crippen LogP) is 3.49. The van der Waals surface area contributed by atoms with Crippen molar-refractivity contribution in [1.82, 2.24) is 14.8 Å². The number of aromatic nitrogens is 1. The third-order valence-electron chi connectivity index (χ3n) is 5.46. The zero-order chi connectivity index (χ0) is 16.4. The van der Waals surface area contributed by atoms with Crippen LogP contribution in [0, 0.1) is 12.8 Å². The molecule has 2 aromatic rings. The molecule has 2 atom stereocenters. The maximum atomic E-state index is 4.70. The van der Waals surface area contributed by atoms with Crippen molar-refractivity contribution in [1.29, 1.82) is 0 Å². The molecule has 0 amide bonds. The molecule has 3 saturated heterocycles. The van der Waals surface area contributed by atoms with Gasteiger partial charge in [0.05, 0.1) is 5.69 Å². The fraction of sp³-hybridized carbons (Fsp3) is 0.476. The Bertz CT molecular complexity index is 670. The maximum Gasteiger partial charge on any atom is 0.0547 e. The SMILES string of the molecule is Cc1cccc(CN2C[C@@H]3CC[C@H](C2)N(Cc2ccccc2)C3)n1. The lowest BCUT2D eigenvalue weighted by Crippen LogP contribution is -2.43. The fourth-order valence-corrected chi connectivity index (χ4v) is 4.33. The zero-order valence-electron chi connectivity index (χ0n) is 14.6. The molecule has 1 aromatic heterocycles. The van der Waals surface area contributed by atoms with Gasteiger partial charge >= 0.3 is 0 Å². The van der Waals surface area contributed by atoms with E-state index in [1.54, 1.807) is 0 Å². The van der Waals surface area contributed by atoms with Crippen LogP contribution < -0.4 is 0 Å². The van der Waals surface area contributed by atoms with Crippen LogP contribution in [0.15, 0.2) is 48.5 Å². The summed E-state index contributed by atoms with van der Waals surface area (Å²) in [6, 6.07) is 18.0. The molecule has 24 heavy (non-hydrogen) atoms. The Hall–Kier alpha value is -1.71. The highest BCUT2D eigenvalue weighted by Crippen LogP contribution is 2.29. The highest BCUT2D eigenvalue weighted by molar-refractivity contribution is 5.15. The Morgan fingerprint density at radius 1 is 0.917 bits per heavy atom. The molecular weight excluding hydrogens is 294 g/mol. The van der Waals surface area contributed by atoms with Gasteiger partial charge in [0.1, 0.15) is 0 Å². The average molecular weight is 321 g/mol. The predicted molar refractivity (Wildman–Crippen MR) is 97.6 cm³/mol. The summed E-state index contributed by atoms with van der Waals surface area (Å²) < 4.78 is 0. The summed E-state index contributed by atoms with van der Waals surface area (Å²) in [6.45, 7) is 7.82. The molecule has 0 N–H and O–H groups in total. The average Bonchev–Trinajstić information content (AvgIpc) is 2.86. The molecule has 0 aliphatic carbocycles. The molecule has 3 nitrogen and oxygen atoms in total. The van der Waals surface area contributed by atoms with Gasteiger partial charge in [-0.2, -0.15) is 0 Å². The van der Waals surface area contributed by atoms with E-state index >= 15 is 0 Å². The normalized spacial score (nSPS) is 24.9. The van der Waals surface area contributed by atoms with Crippen molar-refractivity contribution in [2.45, 2.75) is 38.9 Å². The van der Waals surface area contributed by atoms with E-state index < -0.39 is 0 Å². The molecule has 0 saturated carbocycles. The number of rotatable bonds is 4. The molecule has 1 aromatic carbocycles. The molecule has 0 spiro atoms. The first-order valence-electron chi connectivity index (χ1n) is 9.19. The van der Waals surface area contributed by atoms with Gasteiger partial charge < -0.3 is 0 Å². The summed E-state index contributed by atoms with van der Waals surface area (Å²) in [5.41, 5.74) is 3.78. The van der Waals surface area contributed by atoms with Gasteiger partial charge in [-0.25, -0.2) is 0 Å².